The number of ether oxygens (including phenoxy) is 1. The summed E-state index contributed by atoms with van der Waals surface area (Å²) in [5, 5.41) is 8.69. The molecule has 3 heteroatoms. The predicted octanol–water partition coefficient (Wildman–Crippen LogP) is 1.33. The minimum absolute atomic E-state index is 0.351. The van der Waals surface area contributed by atoms with Gasteiger partial charge in [0.1, 0.15) is 0 Å². The maximum atomic E-state index is 8.69. The molecule has 0 radical (unpaired) electrons. The van der Waals surface area contributed by atoms with Crippen molar-refractivity contribution in [3.8, 4) is 0 Å². The first-order chi connectivity index (χ1) is 5.84. The topological polar surface area (TPSA) is 29.5 Å². The molecule has 2 atom stereocenters. The van der Waals surface area contributed by atoms with E-state index in [1.807, 2.05) is 0 Å². The Labute approximate surface area is 76.5 Å². The third-order valence-corrected chi connectivity index (χ3v) is 5.78. The molecule has 0 bridgehead atoms. The molecule has 1 saturated heterocycles. The standard InChI is InChI=1S/C9H20O2Si/c1-12(8-4-6-10)9-5-2-3-7-11-9/h9-10,12H,2-8H2,1H3. The van der Waals surface area contributed by atoms with Gasteiger partial charge in [0.25, 0.3) is 0 Å². The lowest BCUT2D eigenvalue weighted by Gasteiger charge is -2.27. The third kappa shape index (κ3) is 3.25. The molecule has 0 aromatic rings. The molecule has 2 nitrogen and oxygen atoms in total. The van der Waals surface area contributed by atoms with Crippen molar-refractivity contribution in [3.63, 3.8) is 0 Å². The highest BCUT2D eigenvalue weighted by atomic mass is 28.3. The van der Waals surface area contributed by atoms with Crippen molar-refractivity contribution in [2.24, 2.45) is 0 Å². The van der Waals surface area contributed by atoms with E-state index in [1.54, 1.807) is 0 Å². The normalized spacial score (nSPS) is 27.0. The molecule has 0 spiro atoms. The van der Waals surface area contributed by atoms with Gasteiger partial charge in [0.2, 0.25) is 0 Å². The van der Waals surface area contributed by atoms with E-state index in [4.69, 9.17) is 9.84 Å². The Balaban J connectivity index is 2.15. The highest BCUT2D eigenvalue weighted by molar-refractivity contribution is 6.58. The van der Waals surface area contributed by atoms with Gasteiger partial charge in [-0.15, -0.1) is 0 Å². The lowest BCUT2D eigenvalue weighted by Crippen LogP contribution is -2.33. The van der Waals surface area contributed by atoms with Crippen LogP contribution in [0, 0.1) is 0 Å². The largest absolute Gasteiger partial charge is 0.396 e. The Bertz CT molecular complexity index is 113. The SMILES string of the molecule is C[SiH](CCCO)C1CCCCO1. The van der Waals surface area contributed by atoms with Crippen LogP contribution in [0.5, 0.6) is 0 Å². The molecule has 12 heavy (non-hydrogen) atoms. The lowest BCUT2D eigenvalue weighted by atomic mass is 10.2. The molecule has 0 saturated carbocycles. The molecule has 1 N–H and O–H groups in total. The van der Waals surface area contributed by atoms with Crippen LogP contribution in [-0.4, -0.2) is 32.8 Å². The van der Waals surface area contributed by atoms with Gasteiger partial charge in [-0.05, 0) is 25.7 Å². The van der Waals surface area contributed by atoms with Crippen LogP contribution in [0.3, 0.4) is 0 Å². The fourth-order valence-electron chi connectivity index (χ4n) is 1.81. The van der Waals surface area contributed by atoms with Crippen molar-refractivity contribution in [1.82, 2.24) is 0 Å². The summed E-state index contributed by atoms with van der Waals surface area (Å²) in [5.41, 5.74) is 0.602. The molecule has 1 fully saturated rings. The summed E-state index contributed by atoms with van der Waals surface area (Å²) in [4.78, 5) is 0. The van der Waals surface area contributed by atoms with E-state index in [0.29, 0.717) is 12.3 Å². The van der Waals surface area contributed by atoms with Crippen molar-refractivity contribution >= 4 is 8.80 Å². The summed E-state index contributed by atoms with van der Waals surface area (Å²) in [6, 6.07) is 1.24. The molecule has 1 aliphatic heterocycles. The molecule has 0 amide bonds. The van der Waals surface area contributed by atoms with E-state index in [2.05, 4.69) is 6.55 Å². The second kappa shape index (κ2) is 5.73. The lowest BCUT2D eigenvalue weighted by molar-refractivity contribution is 0.0624. The Morgan fingerprint density at radius 1 is 1.50 bits per heavy atom. The first kappa shape index (κ1) is 10.2. The summed E-state index contributed by atoms with van der Waals surface area (Å²) in [7, 11) is -0.683. The number of aliphatic hydroxyl groups excluding tert-OH is 1. The number of aliphatic hydroxyl groups is 1. The quantitative estimate of drug-likeness (QED) is 0.675. The van der Waals surface area contributed by atoms with Gasteiger partial charge in [-0.2, -0.15) is 0 Å². The molecule has 0 aromatic heterocycles. The van der Waals surface area contributed by atoms with Crippen LogP contribution >= 0.6 is 0 Å². The zero-order valence-corrected chi connectivity index (χ0v) is 9.11. The first-order valence-corrected chi connectivity index (χ1v) is 7.71. The second-order valence-electron chi connectivity index (χ2n) is 3.75. The van der Waals surface area contributed by atoms with Crippen LogP contribution < -0.4 is 0 Å². The van der Waals surface area contributed by atoms with Gasteiger partial charge in [-0.25, -0.2) is 0 Å². The fourth-order valence-corrected chi connectivity index (χ4v) is 4.28. The van der Waals surface area contributed by atoms with Crippen LogP contribution in [0.1, 0.15) is 25.7 Å². The molecule has 1 heterocycles. The van der Waals surface area contributed by atoms with Crippen molar-refractivity contribution in [1.29, 1.82) is 0 Å². The van der Waals surface area contributed by atoms with Crippen molar-refractivity contribution in [2.45, 2.75) is 44.0 Å². The van der Waals surface area contributed by atoms with Gasteiger partial charge < -0.3 is 9.84 Å². The zero-order valence-electron chi connectivity index (χ0n) is 7.96. The molecule has 1 rings (SSSR count). The molecule has 2 unspecified atom stereocenters. The Kier molecular flexibility index (Phi) is 4.88. The number of hydrogen-bond donors (Lipinski definition) is 1. The van der Waals surface area contributed by atoms with Crippen molar-refractivity contribution < 1.29 is 9.84 Å². The third-order valence-electron chi connectivity index (χ3n) is 2.67. The molecule has 72 valence electrons. The van der Waals surface area contributed by atoms with Gasteiger partial charge in [-0.3, -0.25) is 0 Å². The monoisotopic (exact) mass is 188 g/mol. The van der Waals surface area contributed by atoms with Gasteiger partial charge >= 0.3 is 0 Å². The average molecular weight is 188 g/mol. The predicted molar refractivity (Wildman–Crippen MR) is 53.1 cm³/mol. The smallest absolute Gasteiger partial charge is 0.0687 e. The van der Waals surface area contributed by atoms with Gasteiger partial charge in [0.05, 0.1) is 8.80 Å². The van der Waals surface area contributed by atoms with Crippen LogP contribution in [0.25, 0.3) is 0 Å². The Hall–Kier alpha value is 0.137. The van der Waals surface area contributed by atoms with E-state index in [0.717, 1.165) is 13.0 Å². The molecule has 1 aliphatic rings. The van der Waals surface area contributed by atoms with Crippen molar-refractivity contribution in [3.05, 3.63) is 0 Å². The molecule has 0 aliphatic carbocycles. The van der Waals surface area contributed by atoms with Gasteiger partial charge in [-0.1, -0.05) is 12.6 Å². The van der Waals surface area contributed by atoms with Gasteiger partial charge in [0.15, 0.2) is 0 Å². The highest BCUT2D eigenvalue weighted by Crippen LogP contribution is 2.17. The Morgan fingerprint density at radius 2 is 2.33 bits per heavy atom. The second-order valence-corrected chi connectivity index (χ2v) is 7.02. The summed E-state index contributed by atoms with van der Waals surface area (Å²) in [6.07, 6.45) is 4.85. The van der Waals surface area contributed by atoms with E-state index >= 15 is 0 Å². The number of rotatable bonds is 4. The van der Waals surface area contributed by atoms with Crippen LogP contribution in [0.15, 0.2) is 0 Å². The van der Waals surface area contributed by atoms with E-state index < -0.39 is 8.80 Å². The molecule has 0 aromatic carbocycles. The van der Waals surface area contributed by atoms with Crippen molar-refractivity contribution in [2.75, 3.05) is 13.2 Å². The minimum atomic E-state index is -0.683. The summed E-state index contributed by atoms with van der Waals surface area (Å²) < 4.78 is 5.72. The van der Waals surface area contributed by atoms with Crippen LogP contribution in [0.4, 0.5) is 0 Å². The van der Waals surface area contributed by atoms with Crippen LogP contribution in [0.2, 0.25) is 12.6 Å². The maximum Gasteiger partial charge on any atom is 0.0687 e. The Morgan fingerprint density at radius 3 is 2.92 bits per heavy atom. The molecular formula is C9H20O2Si. The minimum Gasteiger partial charge on any atom is -0.396 e. The van der Waals surface area contributed by atoms with Crippen LogP contribution in [-0.2, 0) is 4.74 Å². The molecular weight excluding hydrogens is 168 g/mol. The number of hydrogen-bond acceptors (Lipinski definition) is 2. The summed E-state index contributed by atoms with van der Waals surface area (Å²) in [6.45, 7) is 3.69. The zero-order chi connectivity index (χ0) is 8.81. The average Bonchev–Trinajstić information content (AvgIpc) is 2.15. The summed E-state index contributed by atoms with van der Waals surface area (Å²) >= 11 is 0. The highest BCUT2D eigenvalue weighted by Gasteiger charge is 2.21. The maximum absolute atomic E-state index is 8.69. The summed E-state index contributed by atoms with van der Waals surface area (Å²) in [5.74, 6) is 0. The first-order valence-electron chi connectivity index (χ1n) is 5.07. The van der Waals surface area contributed by atoms with E-state index in [9.17, 15) is 0 Å². The fraction of sp³-hybridized carbons (Fsp3) is 1.00. The van der Waals surface area contributed by atoms with E-state index in [-0.39, 0.29) is 0 Å². The van der Waals surface area contributed by atoms with E-state index in [1.165, 1.54) is 25.3 Å². The van der Waals surface area contributed by atoms with Gasteiger partial charge in [0, 0.05) is 18.9 Å².